The minimum absolute atomic E-state index is 0.148. The molecule has 0 aliphatic carbocycles. The van der Waals surface area contributed by atoms with Gasteiger partial charge >= 0.3 is 5.97 Å². The lowest BCUT2D eigenvalue weighted by atomic mass is 10.2. The predicted octanol–water partition coefficient (Wildman–Crippen LogP) is 0.855. The standard InChI is InChI=1S/C18H24N2O6/c1-5-25-14-8-6-13(10-15(14)24-4)7-9-18(23)26-12-16(21)19-11-17(22)20(2)3/h6-10H,5,11-12H2,1-4H3,(H,19,21)/b9-7+. The Balaban J connectivity index is 2.49. The third-order valence-corrected chi connectivity index (χ3v) is 3.18. The average Bonchev–Trinajstić information content (AvgIpc) is 2.63. The Bertz CT molecular complexity index is 670. The molecule has 0 radical (unpaired) electrons. The minimum Gasteiger partial charge on any atom is -0.493 e. The van der Waals surface area contributed by atoms with E-state index in [2.05, 4.69) is 5.32 Å². The lowest BCUT2D eigenvalue weighted by Crippen LogP contribution is -2.38. The summed E-state index contributed by atoms with van der Waals surface area (Å²) < 4.78 is 15.5. The number of carbonyl (C=O) groups is 3. The summed E-state index contributed by atoms with van der Waals surface area (Å²) in [4.78, 5) is 35.9. The van der Waals surface area contributed by atoms with E-state index >= 15 is 0 Å². The number of likely N-dealkylation sites (N-methyl/N-ethyl adjacent to an activating group) is 1. The molecule has 1 rings (SSSR count). The van der Waals surface area contributed by atoms with Crippen LogP contribution >= 0.6 is 0 Å². The molecule has 0 atom stereocenters. The molecule has 1 N–H and O–H groups in total. The maximum absolute atomic E-state index is 11.7. The highest BCUT2D eigenvalue weighted by molar-refractivity contribution is 5.90. The molecule has 1 aromatic rings. The molecule has 0 saturated carbocycles. The normalized spacial score (nSPS) is 10.3. The molecular formula is C18H24N2O6. The van der Waals surface area contributed by atoms with Gasteiger partial charge < -0.3 is 24.4 Å². The van der Waals surface area contributed by atoms with Crippen molar-refractivity contribution in [1.82, 2.24) is 10.2 Å². The number of hydrogen-bond acceptors (Lipinski definition) is 6. The van der Waals surface area contributed by atoms with Crippen LogP contribution in [-0.2, 0) is 19.1 Å². The number of methoxy groups -OCH3 is 1. The summed E-state index contributed by atoms with van der Waals surface area (Å²) >= 11 is 0. The van der Waals surface area contributed by atoms with Crippen LogP contribution in [-0.4, -0.2) is 63.6 Å². The fourth-order valence-electron chi connectivity index (χ4n) is 1.79. The van der Waals surface area contributed by atoms with Crippen LogP contribution in [0.5, 0.6) is 11.5 Å². The van der Waals surface area contributed by atoms with E-state index in [1.54, 1.807) is 32.3 Å². The van der Waals surface area contributed by atoms with Gasteiger partial charge in [-0.05, 0) is 30.7 Å². The highest BCUT2D eigenvalue weighted by Gasteiger charge is 2.09. The zero-order chi connectivity index (χ0) is 19.5. The van der Waals surface area contributed by atoms with Gasteiger partial charge in [-0.15, -0.1) is 0 Å². The first-order chi connectivity index (χ1) is 12.4. The number of rotatable bonds is 9. The summed E-state index contributed by atoms with van der Waals surface area (Å²) in [6.07, 6.45) is 2.74. The van der Waals surface area contributed by atoms with Gasteiger partial charge in [0, 0.05) is 20.2 Å². The van der Waals surface area contributed by atoms with Crippen molar-refractivity contribution in [2.24, 2.45) is 0 Å². The maximum atomic E-state index is 11.7. The molecule has 2 amide bonds. The Morgan fingerprint density at radius 3 is 2.54 bits per heavy atom. The Morgan fingerprint density at radius 1 is 1.19 bits per heavy atom. The summed E-state index contributed by atoms with van der Waals surface area (Å²) in [6, 6.07) is 5.22. The number of nitrogens with zero attached hydrogens (tertiary/aromatic N) is 1. The Kier molecular flexibility index (Phi) is 8.69. The van der Waals surface area contributed by atoms with Gasteiger partial charge in [0.25, 0.3) is 5.91 Å². The van der Waals surface area contributed by atoms with Crippen LogP contribution in [0.3, 0.4) is 0 Å². The monoisotopic (exact) mass is 364 g/mol. The first-order valence-corrected chi connectivity index (χ1v) is 7.99. The number of esters is 1. The molecule has 8 nitrogen and oxygen atoms in total. The number of benzene rings is 1. The minimum atomic E-state index is -0.674. The maximum Gasteiger partial charge on any atom is 0.331 e. The van der Waals surface area contributed by atoms with Crippen molar-refractivity contribution in [3.63, 3.8) is 0 Å². The van der Waals surface area contributed by atoms with Gasteiger partial charge in [-0.25, -0.2) is 4.79 Å². The second-order valence-electron chi connectivity index (χ2n) is 5.35. The molecule has 26 heavy (non-hydrogen) atoms. The third-order valence-electron chi connectivity index (χ3n) is 3.18. The van der Waals surface area contributed by atoms with Crippen LogP contribution < -0.4 is 14.8 Å². The van der Waals surface area contributed by atoms with Crippen molar-refractivity contribution in [2.45, 2.75) is 6.92 Å². The number of amides is 2. The SMILES string of the molecule is CCOc1ccc(/C=C/C(=O)OCC(=O)NCC(=O)N(C)C)cc1OC. The number of hydrogen-bond donors (Lipinski definition) is 1. The fraction of sp³-hybridized carbons (Fsp3) is 0.389. The van der Waals surface area contributed by atoms with Gasteiger partial charge in [0.05, 0.1) is 20.3 Å². The first kappa shape index (κ1) is 21.0. The van der Waals surface area contributed by atoms with E-state index in [1.165, 1.54) is 24.2 Å². The molecular weight excluding hydrogens is 340 g/mol. The fourth-order valence-corrected chi connectivity index (χ4v) is 1.79. The van der Waals surface area contributed by atoms with E-state index in [0.29, 0.717) is 23.7 Å². The van der Waals surface area contributed by atoms with Gasteiger partial charge in [0.1, 0.15) is 0 Å². The van der Waals surface area contributed by atoms with Crippen molar-refractivity contribution in [2.75, 3.05) is 41.0 Å². The van der Waals surface area contributed by atoms with Crippen LogP contribution in [0.2, 0.25) is 0 Å². The van der Waals surface area contributed by atoms with Crippen molar-refractivity contribution < 1.29 is 28.6 Å². The molecule has 0 saturated heterocycles. The molecule has 0 aliphatic heterocycles. The molecule has 0 heterocycles. The largest absolute Gasteiger partial charge is 0.493 e. The van der Waals surface area contributed by atoms with Crippen LogP contribution in [0.15, 0.2) is 24.3 Å². The molecule has 0 fully saturated rings. The van der Waals surface area contributed by atoms with E-state index in [1.807, 2.05) is 6.92 Å². The van der Waals surface area contributed by atoms with Gasteiger partial charge in [0.15, 0.2) is 18.1 Å². The van der Waals surface area contributed by atoms with Gasteiger partial charge in [0.2, 0.25) is 5.91 Å². The summed E-state index contributed by atoms with van der Waals surface area (Å²) in [5.74, 6) is -0.323. The number of ether oxygens (including phenoxy) is 3. The molecule has 0 aliphatic rings. The Hall–Kier alpha value is -3.03. The van der Waals surface area contributed by atoms with Crippen molar-refractivity contribution in [1.29, 1.82) is 0 Å². The van der Waals surface area contributed by atoms with Gasteiger partial charge in [-0.3, -0.25) is 9.59 Å². The summed E-state index contributed by atoms with van der Waals surface area (Å²) in [5.41, 5.74) is 0.711. The summed E-state index contributed by atoms with van der Waals surface area (Å²) in [7, 11) is 4.68. The molecule has 8 heteroatoms. The van der Waals surface area contributed by atoms with E-state index < -0.39 is 18.5 Å². The van der Waals surface area contributed by atoms with Gasteiger partial charge in [-0.2, -0.15) is 0 Å². The highest BCUT2D eigenvalue weighted by atomic mass is 16.5. The Labute approximate surface area is 152 Å². The zero-order valence-electron chi connectivity index (χ0n) is 15.4. The van der Waals surface area contributed by atoms with E-state index in [4.69, 9.17) is 14.2 Å². The molecule has 1 aromatic carbocycles. The van der Waals surface area contributed by atoms with Crippen molar-refractivity contribution in [3.05, 3.63) is 29.8 Å². The van der Waals surface area contributed by atoms with E-state index in [0.717, 1.165) is 0 Å². The lowest BCUT2D eigenvalue weighted by Gasteiger charge is -2.10. The van der Waals surface area contributed by atoms with Crippen LogP contribution in [0.4, 0.5) is 0 Å². The van der Waals surface area contributed by atoms with Gasteiger partial charge in [-0.1, -0.05) is 6.07 Å². The smallest absolute Gasteiger partial charge is 0.331 e. The predicted molar refractivity (Wildman–Crippen MR) is 95.9 cm³/mol. The molecule has 0 unspecified atom stereocenters. The number of carbonyl (C=O) groups excluding carboxylic acids is 3. The number of nitrogens with one attached hydrogen (secondary N) is 1. The highest BCUT2D eigenvalue weighted by Crippen LogP contribution is 2.28. The second kappa shape index (κ2) is 10.8. The molecule has 0 aromatic heterocycles. The second-order valence-corrected chi connectivity index (χ2v) is 5.35. The molecule has 142 valence electrons. The lowest BCUT2D eigenvalue weighted by molar-refractivity contribution is -0.144. The average molecular weight is 364 g/mol. The first-order valence-electron chi connectivity index (χ1n) is 7.99. The van der Waals surface area contributed by atoms with Crippen LogP contribution in [0.25, 0.3) is 6.08 Å². The topological polar surface area (TPSA) is 94.2 Å². The Morgan fingerprint density at radius 2 is 1.92 bits per heavy atom. The molecule has 0 spiro atoms. The van der Waals surface area contributed by atoms with Crippen molar-refractivity contribution in [3.8, 4) is 11.5 Å². The van der Waals surface area contributed by atoms with Crippen LogP contribution in [0, 0.1) is 0 Å². The quantitative estimate of drug-likeness (QED) is 0.516. The van der Waals surface area contributed by atoms with Crippen molar-refractivity contribution >= 4 is 23.9 Å². The van der Waals surface area contributed by atoms with E-state index in [-0.39, 0.29) is 12.5 Å². The zero-order valence-corrected chi connectivity index (χ0v) is 15.4. The summed E-state index contributed by atoms with van der Waals surface area (Å²) in [6.45, 7) is 1.78. The third kappa shape index (κ3) is 7.25. The van der Waals surface area contributed by atoms with Crippen LogP contribution in [0.1, 0.15) is 12.5 Å². The summed E-state index contributed by atoms with van der Waals surface area (Å²) in [5, 5.41) is 2.36. The van der Waals surface area contributed by atoms with E-state index in [9.17, 15) is 14.4 Å². The molecule has 0 bridgehead atoms.